The molecular weight excluding hydrogens is 402 g/mol. The number of fused-ring (bicyclic) bond motifs is 1. The van der Waals surface area contributed by atoms with E-state index >= 15 is 0 Å². The van der Waals surface area contributed by atoms with Crippen molar-refractivity contribution in [2.75, 3.05) is 13.1 Å². The zero-order chi connectivity index (χ0) is 21.3. The lowest BCUT2D eigenvalue weighted by molar-refractivity contribution is -0.126. The third-order valence-corrected chi connectivity index (χ3v) is 7.69. The number of rotatable bonds is 6. The summed E-state index contributed by atoms with van der Waals surface area (Å²) in [7, 11) is -1.64. The Hall–Kier alpha value is -2.58. The maximum absolute atomic E-state index is 13.1. The highest BCUT2D eigenvalue weighted by atomic mass is 32.2. The molecule has 0 bridgehead atoms. The summed E-state index contributed by atoms with van der Waals surface area (Å²) in [5, 5.41) is 3.93. The van der Waals surface area contributed by atoms with Crippen molar-refractivity contribution in [2.24, 2.45) is 13.0 Å². The molecule has 0 spiro atoms. The molecule has 30 heavy (non-hydrogen) atoms. The molecule has 1 aromatic carbocycles. The number of hydrogen-bond acceptors (Lipinski definition) is 4. The summed E-state index contributed by atoms with van der Waals surface area (Å²) in [5.74, 6) is 0.642. The highest BCUT2D eigenvalue weighted by Gasteiger charge is 2.32. The highest BCUT2D eigenvalue weighted by Crippen LogP contribution is 2.26. The van der Waals surface area contributed by atoms with Gasteiger partial charge in [-0.15, -0.1) is 0 Å². The number of carbonyl (C=O) groups is 1. The third kappa shape index (κ3) is 4.15. The Labute approximate surface area is 176 Å². The van der Waals surface area contributed by atoms with Crippen LogP contribution < -0.4 is 5.32 Å². The van der Waals surface area contributed by atoms with Crippen LogP contribution in [0.5, 0.6) is 0 Å². The van der Waals surface area contributed by atoms with Crippen molar-refractivity contribution in [3.8, 4) is 0 Å². The molecular formula is C22H27N3O4S. The predicted molar refractivity (Wildman–Crippen MR) is 114 cm³/mol. The number of amides is 1. The first-order chi connectivity index (χ1) is 14.3. The largest absolute Gasteiger partial charge is 0.469 e. The van der Waals surface area contributed by atoms with Gasteiger partial charge in [-0.2, -0.15) is 4.31 Å². The smallest absolute Gasteiger partial charge is 0.243 e. The van der Waals surface area contributed by atoms with Crippen LogP contribution in [0, 0.1) is 5.92 Å². The molecule has 1 atom stereocenters. The third-order valence-electron chi connectivity index (χ3n) is 5.80. The van der Waals surface area contributed by atoms with Crippen LogP contribution in [0.1, 0.15) is 25.5 Å². The first-order valence-electron chi connectivity index (χ1n) is 10.2. The van der Waals surface area contributed by atoms with Gasteiger partial charge in [-0.3, -0.25) is 4.79 Å². The fraction of sp³-hybridized carbons (Fsp3) is 0.409. The second kappa shape index (κ2) is 8.28. The van der Waals surface area contributed by atoms with Gasteiger partial charge >= 0.3 is 0 Å². The lowest BCUT2D eigenvalue weighted by Gasteiger charge is -2.31. The molecule has 4 rings (SSSR count). The Morgan fingerprint density at radius 1 is 1.23 bits per heavy atom. The minimum absolute atomic E-state index is 0.0168. The van der Waals surface area contributed by atoms with E-state index in [0.717, 1.165) is 16.7 Å². The summed E-state index contributed by atoms with van der Waals surface area (Å²) >= 11 is 0. The van der Waals surface area contributed by atoms with Crippen LogP contribution in [0.15, 0.2) is 58.2 Å². The van der Waals surface area contributed by atoms with Crippen LogP contribution >= 0.6 is 0 Å². The number of aromatic nitrogens is 1. The lowest BCUT2D eigenvalue weighted by Crippen LogP contribution is -2.45. The maximum Gasteiger partial charge on any atom is 0.243 e. The van der Waals surface area contributed by atoms with Crippen molar-refractivity contribution >= 4 is 26.8 Å². The topological polar surface area (TPSA) is 84.6 Å². The molecule has 160 valence electrons. The van der Waals surface area contributed by atoms with Crippen molar-refractivity contribution in [3.05, 3.63) is 54.6 Å². The summed E-state index contributed by atoms with van der Waals surface area (Å²) in [6.07, 6.45) is 5.21. The SMILES string of the molecule is C[C@H](Cc1ccco1)NC(=O)C1CCN(S(=O)(=O)c2ccc3c(ccn3C)c2)CC1. The number of carbonyl (C=O) groups excluding carboxylic acids is 1. The second-order valence-corrected chi connectivity index (χ2v) is 9.96. The number of sulfonamides is 1. The number of nitrogens with one attached hydrogen (secondary N) is 1. The first kappa shape index (κ1) is 20.7. The number of nitrogens with zero attached hydrogens (tertiary/aromatic N) is 2. The average molecular weight is 430 g/mol. The first-order valence-corrected chi connectivity index (χ1v) is 11.7. The lowest BCUT2D eigenvalue weighted by atomic mass is 9.96. The summed E-state index contributed by atoms with van der Waals surface area (Å²) in [5.41, 5.74) is 0.994. The van der Waals surface area contributed by atoms with Gasteiger partial charge < -0.3 is 14.3 Å². The predicted octanol–water partition coefficient (Wildman–Crippen LogP) is 2.92. The van der Waals surface area contributed by atoms with E-state index in [1.807, 2.05) is 49.0 Å². The Bertz CT molecular complexity index is 1130. The van der Waals surface area contributed by atoms with Crippen LogP contribution in [0.4, 0.5) is 0 Å². The molecule has 0 unspecified atom stereocenters. The molecule has 8 heteroatoms. The molecule has 1 aliphatic heterocycles. The van der Waals surface area contributed by atoms with E-state index in [1.54, 1.807) is 18.4 Å². The molecule has 1 N–H and O–H groups in total. The van der Waals surface area contributed by atoms with Gasteiger partial charge in [-0.1, -0.05) is 0 Å². The summed E-state index contributed by atoms with van der Waals surface area (Å²) in [6.45, 7) is 2.64. The normalized spacial score (nSPS) is 17.3. The fourth-order valence-corrected chi connectivity index (χ4v) is 5.58. The van der Waals surface area contributed by atoms with Crippen molar-refractivity contribution in [1.82, 2.24) is 14.2 Å². The van der Waals surface area contributed by atoms with E-state index in [2.05, 4.69) is 5.32 Å². The molecule has 2 aromatic heterocycles. The van der Waals surface area contributed by atoms with E-state index < -0.39 is 10.0 Å². The molecule has 3 aromatic rings. The van der Waals surface area contributed by atoms with E-state index in [0.29, 0.717) is 37.2 Å². The highest BCUT2D eigenvalue weighted by molar-refractivity contribution is 7.89. The van der Waals surface area contributed by atoms with Crippen molar-refractivity contribution in [1.29, 1.82) is 0 Å². The molecule has 1 aliphatic rings. The van der Waals surface area contributed by atoms with E-state index in [1.165, 1.54) is 4.31 Å². The average Bonchev–Trinajstić information content (AvgIpc) is 3.37. The Morgan fingerprint density at radius 2 is 2.00 bits per heavy atom. The quantitative estimate of drug-likeness (QED) is 0.653. The van der Waals surface area contributed by atoms with Crippen molar-refractivity contribution < 1.29 is 17.6 Å². The summed E-state index contributed by atoms with van der Waals surface area (Å²) < 4.78 is 34.9. The molecule has 7 nitrogen and oxygen atoms in total. The summed E-state index contributed by atoms with van der Waals surface area (Å²) in [4.78, 5) is 12.9. The van der Waals surface area contributed by atoms with E-state index in [4.69, 9.17) is 4.42 Å². The number of piperidine rings is 1. The van der Waals surface area contributed by atoms with Crippen LogP contribution in [0.25, 0.3) is 10.9 Å². The Kier molecular flexibility index (Phi) is 5.71. The van der Waals surface area contributed by atoms with Gasteiger partial charge in [0.25, 0.3) is 0 Å². The monoisotopic (exact) mass is 429 g/mol. The van der Waals surface area contributed by atoms with Gasteiger partial charge in [-0.05, 0) is 56.2 Å². The zero-order valence-corrected chi connectivity index (χ0v) is 18.1. The van der Waals surface area contributed by atoms with E-state index in [9.17, 15) is 13.2 Å². The van der Waals surface area contributed by atoms with Gasteiger partial charge in [0.2, 0.25) is 15.9 Å². The molecule has 0 saturated carbocycles. The minimum Gasteiger partial charge on any atom is -0.469 e. The van der Waals surface area contributed by atoms with Crippen molar-refractivity contribution in [3.63, 3.8) is 0 Å². The van der Waals surface area contributed by atoms with Crippen LogP contribution in [-0.4, -0.2) is 42.3 Å². The van der Waals surface area contributed by atoms with Gasteiger partial charge in [0.1, 0.15) is 5.76 Å². The molecule has 1 amide bonds. The maximum atomic E-state index is 13.1. The Morgan fingerprint density at radius 3 is 2.70 bits per heavy atom. The molecule has 1 saturated heterocycles. The molecule has 0 aliphatic carbocycles. The van der Waals surface area contributed by atoms with Gasteiger partial charge in [-0.25, -0.2) is 8.42 Å². The zero-order valence-electron chi connectivity index (χ0n) is 17.2. The second-order valence-electron chi connectivity index (χ2n) is 8.02. The van der Waals surface area contributed by atoms with Crippen LogP contribution in [-0.2, 0) is 28.3 Å². The molecule has 1 fully saturated rings. The minimum atomic E-state index is -3.57. The van der Waals surface area contributed by atoms with Crippen LogP contribution in [0.2, 0.25) is 0 Å². The van der Waals surface area contributed by atoms with Gasteiger partial charge in [0, 0.05) is 55.6 Å². The number of hydrogen-bond donors (Lipinski definition) is 1. The van der Waals surface area contributed by atoms with Crippen LogP contribution in [0.3, 0.4) is 0 Å². The van der Waals surface area contributed by atoms with E-state index in [-0.39, 0.29) is 17.9 Å². The number of furan rings is 1. The van der Waals surface area contributed by atoms with Gasteiger partial charge in [0.05, 0.1) is 11.2 Å². The summed E-state index contributed by atoms with van der Waals surface area (Å²) in [6, 6.07) is 10.8. The number of aryl methyl sites for hydroxylation is 1. The van der Waals surface area contributed by atoms with Crippen molar-refractivity contribution in [2.45, 2.75) is 37.1 Å². The molecule has 0 radical (unpaired) electrons. The fourth-order valence-electron chi connectivity index (χ4n) is 4.07. The Balaban J connectivity index is 1.36. The number of benzene rings is 1. The molecule has 3 heterocycles. The van der Waals surface area contributed by atoms with Gasteiger partial charge in [0.15, 0.2) is 0 Å². The standard InChI is InChI=1S/C22H27N3O4S/c1-16(14-19-4-3-13-29-19)23-22(26)17-8-11-25(12-9-17)30(27,28)20-5-6-21-18(15-20)7-10-24(21)2/h3-7,10,13,15-17H,8-9,11-12,14H2,1-2H3,(H,23,26)/t16-/m1/s1.